The van der Waals surface area contributed by atoms with E-state index in [1.807, 2.05) is 36.4 Å². The van der Waals surface area contributed by atoms with Crippen LogP contribution in [-0.4, -0.2) is 37.3 Å². The summed E-state index contributed by atoms with van der Waals surface area (Å²) >= 11 is 0. The minimum Gasteiger partial charge on any atom is -0.454 e. The molecule has 0 aliphatic carbocycles. The van der Waals surface area contributed by atoms with E-state index in [1.165, 1.54) is 5.56 Å². The lowest BCUT2D eigenvalue weighted by Gasteiger charge is -2.34. The van der Waals surface area contributed by atoms with E-state index in [4.69, 9.17) is 9.47 Å². The average Bonchev–Trinajstić information content (AvgIpc) is 3.31. The first-order valence-corrected chi connectivity index (χ1v) is 10.4. The molecule has 3 aromatic rings. The number of nitrogens with zero attached hydrogens (tertiary/aromatic N) is 2. The zero-order valence-corrected chi connectivity index (χ0v) is 17.1. The number of anilines is 1. The van der Waals surface area contributed by atoms with Gasteiger partial charge in [0.05, 0.1) is 5.56 Å². The van der Waals surface area contributed by atoms with Crippen LogP contribution in [0.15, 0.2) is 66.9 Å². The lowest BCUT2D eigenvalue weighted by Crippen LogP contribution is -2.46. The van der Waals surface area contributed by atoms with E-state index in [0.29, 0.717) is 17.9 Å². The van der Waals surface area contributed by atoms with Crippen LogP contribution in [0.5, 0.6) is 11.5 Å². The summed E-state index contributed by atoms with van der Waals surface area (Å²) in [7, 11) is 0. The Morgan fingerprint density at radius 1 is 1.10 bits per heavy atom. The monoisotopic (exact) mass is 416 g/mol. The van der Waals surface area contributed by atoms with E-state index in [9.17, 15) is 4.79 Å². The molecule has 1 amide bonds. The van der Waals surface area contributed by atoms with Crippen molar-refractivity contribution in [2.24, 2.45) is 0 Å². The zero-order chi connectivity index (χ0) is 21.0. The Labute approximate surface area is 181 Å². The number of amides is 1. The molecule has 0 bridgehead atoms. The molecule has 0 radical (unpaired) electrons. The Kier molecular flexibility index (Phi) is 5.41. The molecule has 158 valence electrons. The number of hydrogen-bond donors (Lipinski definition) is 2. The van der Waals surface area contributed by atoms with Crippen LogP contribution in [0.3, 0.4) is 0 Å². The molecule has 3 heterocycles. The largest absolute Gasteiger partial charge is 0.454 e. The van der Waals surface area contributed by atoms with E-state index in [0.717, 1.165) is 36.8 Å². The molecule has 2 aliphatic rings. The molecule has 5 rings (SSSR count). The van der Waals surface area contributed by atoms with Gasteiger partial charge < -0.3 is 25.0 Å². The summed E-state index contributed by atoms with van der Waals surface area (Å²) in [5, 5.41) is 6.50. The van der Waals surface area contributed by atoms with Gasteiger partial charge in [0, 0.05) is 38.4 Å². The van der Waals surface area contributed by atoms with Gasteiger partial charge >= 0.3 is 0 Å². The molecule has 0 unspecified atom stereocenters. The van der Waals surface area contributed by atoms with E-state index in [1.54, 1.807) is 6.20 Å². The fourth-order valence-electron chi connectivity index (χ4n) is 3.91. The zero-order valence-electron chi connectivity index (χ0n) is 17.1. The summed E-state index contributed by atoms with van der Waals surface area (Å²) in [5.74, 6) is 2.17. The summed E-state index contributed by atoms with van der Waals surface area (Å²) in [5.41, 5.74) is 2.76. The maximum Gasteiger partial charge on any atom is 0.253 e. The van der Waals surface area contributed by atoms with Gasteiger partial charge in [0.2, 0.25) is 6.79 Å². The number of aromatic nitrogens is 1. The van der Waals surface area contributed by atoms with Gasteiger partial charge in [0.1, 0.15) is 5.82 Å². The predicted molar refractivity (Wildman–Crippen MR) is 117 cm³/mol. The molecule has 2 aromatic carbocycles. The predicted octanol–water partition coefficient (Wildman–Crippen LogP) is 2.89. The third-order valence-corrected chi connectivity index (χ3v) is 5.60. The van der Waals surface area contributed by atoms with Gasteiger partial charge in [-0.25, -0.2) is 4.98 Å². The van der Waals surface area contributed by atoms with Gasteiger partial charge in [-0.05, 0) is 35.4 Å². The second-order valence-corrected chi connectivity index (χ2v) is 7.64. The van der Waals surface area contributed by atoms with Crippen LogP contribution in [0, 0.1) is 0 Å². The van der Waals surface area contributed by atoms with Crippen molar-refractivity contribution in [2.75, 3.05) is 31.3 Å². The molecule has 1 atom stereocenters. The molecule has 1 aromatic heterocycles. The molecule has 2 aliphatic heterocycles. The van der Waals surface area contributed by atoms with Crippen molar-refractivity contribution in [2.45, 2.75) is 12.6 Å². The smallest absolute Gasteiger partial charge is 0.253 e. The Morgan fingerprint density at radius 3 is 2.81 bits per heavy atom. The molecule has 0 saturated carbocycles. The summed E-state index contributed by atoms with van der Waals surface area (Å²) in [4.78, 5) is 19.4. The first-order chi connectivity index (χ1) is 15.3. The van der Waals surface area contributed by atoms with Crippen LogP contribution >= 0.6 is 0 Å². The maximum atomic E-state index is 12.5. The first kappa shape index (κ1) is 19.4. The van der Waals surface area contributed by atoms with Gasteiger partial charge in [-0.1, -0.05) is 36.4 Å². The number of pyridine rings is 1. The second kappa shape index (κ2) is 8.65. The fourth-order valence-corrected chi connectivity index (χ4v) is 3.91. The van der Waals surface area contributed by atoms with Crippen molar-refractivity contribution < 1.29 is 14.3 Å². The van der Waals surface area contributed by atoms with Gasteiger partial charge in [-0.3, -0.25) is 4.79 Å². The van der Waals surface area contributed by atoms with Crippen LogP contribution in [-0.2, 0) is 6.54 Å². The van der Waals surface area contributed by atoms with Gasteiger partial charge in [-0.2, -0.15) is 0 Å². The Balaban J connectivity index is 1.20. The molecule has 0 spiro atoms. The van der Waals surface area contributed by atoms with Gasteiger partial charge in [0.15, 0.2) is 11.5 Å². The van der Waals surface area contributed by atoms with Crippen LogP contribution in [0.2, 0.25) is 0 Å². The fraction of sp³-hybridized carbons (Fsp3) is 0.250. The highest BCUT2D eigenvalue weighted by molar-refractivity contribution is 5.94. The molecule has 2 N–H and O–H groups in total. The van der Waals surface area contributed by atoms with E-state index < -0.39 is 0 Å². The second-order valence-electron chi connectivity index (χ2n) is 7.64. The SMILES string of the molecule is O=C(NCc1ccc2c(c1)OCO2)c1ccc(N2CCN[C@@H](c3ccccc3)C2)nc1. The van der Waals surface area contributed by atoms with Crippen LogP contribution in [0.4, 0.5) is 5.82 Å². The number of hydrogen-bond acceptors (Lipinski definition) is 6. The summed E-state index contributed by atoms with van der Waals surface area (Å²) < 4.78 is 10.7. The molecule has 31 heavy (non-hydrogen) atoms. The number of carbonyl (C=O) groups excluding carboxylic acids is 1. The normalized spacial score (nSPS) is 17.4. The van der Waals surface area contributed by atoms with E-state index in [-0.39, 0.29) is 18.7 Å². The van der Waals surface area contributed by atoms with Gasteiger partial charge in [-0.15, -0.1) is 0 Å². The molecular formula is C24H24N4O3. The highest BCUT2D eigenvalue weighted by Gasteiger charge is 2.22. The topological polar surface area (TPSA) is 75.7 Å². The Morgan fingerprint density at radius 2 is 1.97 bits per heavy atom. The maximum absolute atomic E-state index is 12.5. The van der Waals surface area contributed by atoms with Crippen molar-refractivity contribution in [1.82, 2.24) is 15.6 Å². The minimum atomic E-state index is -0.154. The van der Waals surface area contributed by atoms with Crippen molar-refractivity contribution >= 4 is 11.7 Å². The quantitative estimate of drug-likeness (QED) is 0.666. The molecule has 7 heteroatoms. The average molecular weight is 416 g/mol. The number of carbonyl (C=O) groups is 1. The standard InChI is InChI=1S/C24H24N4O3/c29-24(27-13-17-6-8-21-22(12-17)31-16-30-21)19-7-9-23(26-14-19)28-11-10-25-20(15-28)18-4-2-1-3-5-18/h1-9,12,14,20,25H,10-11,13,15-16H2,(H,27,29)/t20-/m1/s1. The summed E-state index contributed by atoms with van der Waals surface area (Å²) in [6.07, 6.45) is 1.64. The van der Waals surface area contributed by atoms with E-state index >= 15 is 0 Å². The summed E-state index contributed by atoms with van der Waals surface area (Å²) in [6.45, 7) is 3.26. The van der Waals surface area contributed by atoms with Crippen molar-refractivity contribution in [3.05, 3.63) is 83.6 Å². The van der Waals surface area contributed by atoms with Crippen LogP contribution in [0.25, 0.3) is 0 Å². The number of rotatable bonds is 5. The Bertz CT molecular complexity index is 1060. The number of fused-ring (bicyclic) bond motifs is 1. The third kappa shape index (κ3) is 4.32. The van der Waals surface area contributed by atoms with E-state index in [2.05, 4.69) is 44.8 Å². The first-order valence-electron chi connectivity index (χ1n) is 10.4. The minimum absolute atomic E-state index is 0.154. The molecule has 1 saturated heterocycles. The van der Waals surface area contributed by atoms with Crippen molar-refractivity contribution in [3.63, 3.8) is 0 Å². The van der Waals surface area contributed by atoms with Crippen molar-refractivity contribution in [1.29, 1.82) is 0 Å². The van der Waals surface area contributed by atoms with Crippen LogP contribution < -0.4 is 25.0 Å². The van der Waals surface area contributed by atoms with Crippen LogP contribution in [0.1, 0.15) is 27.5 Å². The highest BCUT2D eigenvalue weighted by atomic mass is 16.7. The lowest BCUT2D eigenvalue weighted by molar-refractivity contribution is 0.0950. The number of benzene rings is 2. The number of piperazine rings is 1. The summed E-state index contributed by atoms with van der Waals surface area (Å²) in [6, 6.07) is 20.1. The van der Waals surface area contributed by atoms with Crippen molar-refractivity contribution in [3.8, 4) is 11.5 Å². The number of nitrogens with one attached hydrogen (secondary N) is 2. The lowest BCUT2D eigenvalue weighted by atomic mass is 10.0. The third-order valence-electron chi connectivity index (χ3n) is 5.60. The molecule has 1 fully saturated rings. The number of ether oxygens (including phenoxy) is 2. The molecule has 7 nitrogen and oxygen atoms in total. The Hall–Kier alpha value is -3.58. The van der Waals surface area contributed by atoms with Gasteiger partial charge in [0.25, 0.3) is 5.91 Å². The highest BCUT2D eigenvalue weighted by Crippen LogP contribution is 2.32. The molecular weight excluding hydrogens is 392 g/mol.